The highest BCUT2D eigenvalue weighted by atomic mass is 35.5. The summed E-state index contributed by atoms with van der Waals surface area (Å²) in [5, 5.41) is 2.88. The van der Waals surface area contributed by atoms with Crippen molar-refractivity contribution >= 4 is 18.3 Å². The van der Waals surface area contributed by atoms with Gasteiger partial charge < -0.3 is 20.5 Å². The Hall–Kier alpha value is -1.46. The predicted octanol–water partition coefficient (Wildman–Crippen LogP) is 3.21. The van der Waals surface area contributed by atoms with Gasteiger partial charge in [0.2, 0.25) is 5.91 Å². The lowest BCUT2D eigenvalue weighted by Crippen LogP contribution is -2.39. The van der Waals surface area contributed by atoms with E-state index in [4.69, 9.17) is 15.2 Å². The lowest BCUT2D eigenvalue weighted by atomic mass is 10.1. The third-order valence-corrected chi connectivity index (χ3v) is 3.16. The van der Waals surface area contributed by atoms with Gasteiger partial charge in [-0.3, -0.25) is 4.79 Å². The van der Waals surface area contributed by atoms with Crippen molar-refractivity contribution in [2.45, 2.75) is 52.6 Å². The van der Waals surface area contributed by atoms with Crippen LogP contribution in [0.4, 0.5) is 0 Å². The van der Waals surface area contributed by atoms with Gasteiger partial charge in [0.1, 0.15) is 0 Å². The molecule has 1 unspecified atom stereocenters. The SMILES string of the molecule is CCCOc1ccc(C(C)NC(=O)[C@@H](C)N)cc1OCCC.Cl. The van der Waals surface area contributed by atoms with Gasteiger partial charge in [0, 0.05) is 0 Å². The molecule has 5 nitrogen and oxygen atoms in total. The molecule has 0 radical (unpaired) electrons. The zero-order valence-corrected chi connectivity index (χ0v) is 15.2. The van der Waals surface area contributed by atoms with E-state index < -0.39 is 6.04 Å². The van der Waals surface area contributed by atoms with Crippen LogP contribution >= 0.6 is 12.4 Å². The Morgan fingerprint density at radius 2 is 1.70 bits per heavy atom. The molecular weight excluding hydrogens is 316 g/mol. The van der Waals surface area contributed by atoms with Gasteiger partial charge in [-0.2, -0.15) is 0 Å². The highest BCUT2D eigenvalue weighted by Crippen LogP contribution is 2.31. The van der Waals surface area contributed by atoms with Crippen LogP contribution in [0, 0.1) is 0 Å². The first-order valence-electron chi connectivity index (χ1n) is 7.95. The van der Waals surface area contributed by atoms with Gasteiger partial charge >= 0.3 is 0 Å². The summed E-state index contributed by atoms with van der Waals surface area (Å²) in [6.45, 7) is 8.99. The number of nitrogens with two attached hydrogens (primary N) is 1. The normalized spacial score (nSPS) is 12.7. The molecule has 1 aromatic rings. The number of rotatable bonds is 9. The van der Waals surface area contributed by atoms with E-state index in [1.165, 1.54) is 0 Å². The molecule has 3 N–H and O–H groups in total. The Labute approximate surface area is 145 Å². The van der Waals surface area contributed by atoms with E-state index >= 15 is 0 Å². The molecule has 0 aliphatic carbocycles. The molecule has 0 bridgehead atoms. The molecule has 6 heteroatoms. The summed E-state index contributed by atoms with van der Waals surface area (Å²) in [5.41, 5.74) is 6.54. The van der Waals surface area contributed by atoms with Gasteiger partial charge in [0.25, 0.3) is 0 Å². The third kappa shape index (κ3) is 7.10. The highest BCUT2D eigenvalue weighted by Gasteiger charge is 2.15. The minimum absolute atomic E-state index is 0. The molecule has 0 aliphatic rings. The van der Waals surface area contributed by atoms with Crippen molar-refractivity contribution in [2.75, 3.05) is 13.2 Å². The van der Waals surface area contributed by atoms with Crippen LogP contribution in [-0.4, -0.2) is 25.2 Å². The number of carbonyl (C=O) groups excluding carboxylic acids is 1. The fourth-order valence-corrected chi connectivity index (χ4v) is 1.88. The van der Waals surface area contributed by atoms with E-state index in [0.29, 0.717) is 13.2 Å². The van der Waals surface area contributed by atoms with Crippen LogP contribution in [-0.2, 0) is 4.79 Å². The minimum Gasteiger partial charge on any atom is -0.490 e. The molecule has 23 heavy (non-hydrogen) atoms. The van der Waals surface area contributed by atoms with Gasteiger partial charge in [-0.25, -0.2) is 0 Å². The Morgan fingerprint density at radius 3 is 2.22 bits per heavy atom. The van der Waals surface area contributed by atoms with Crippen LogP contribution in [0.2, 0.25) is 0 Å². The lowest BCUT2D eigenvalue weighted by molar-refractivity contribution is -0.122. The molecule has 0 fully saturated rings. The highest BCUT2D eigenvalue weighted by molar-refractivity contribution is 5.85. The average Bonchev–Trinajstić information content (AvgIpc) is 2.50. The maximum Gasteiger partial charge on any atom is 0.237 e. The summed E-state index contributed by atoms with van der Waals surface area (Å²) in [4.78, 5) is 11.7. The predicted molar refractivity (Wildman–Crippen MR) is 95.5 cm³/mol. The monoisotopic (exact) mass is 344 g/mol. The molecule has 132 valence electrons. The number of benzene rings is 1. The number of amides is 1. The van der Waals surface area contributed by atoms with Crippen molar-refractivity contribution in [3.63, 3.8) is 0 Å². The third-order valence-electron chi connectivity index (χ3n) is 3.16. The fraction of sp³-hybridized carbons (Fsp3) is 0.588. The smallest absolute Gasteiger partial charge is 0.237 e. The molecule has 1 amide bonds. The van der Waals surface area contributed by atoms with Crippen LogP contribution in [0.3, 0.4) is 0 Å². The standard InChI is InChI=1S/C17H28N2O3.ClH/c1-5-9-21-15-8-7-14(11-16(15)22-10-6-2)13(4)19-17(20)12(3)18;/h7-8,11-13H,5-6,9-10,18H2,1-4H3,(H,19,20);1H/t12-,13?;/m1./s1. The zero-order chi connectivity index (χ0) is 16.5. The van der Waals surface area contributed by atoms with Gasteiger partial charge in [-0.15, -0.1) is 12.4 Å². The van der Waals surface area contributed by atoms with Crippen LogP contribution < -0.4 is 20.5 Å². The van der Waals surface area contributed by atoms with Crippen LogP contribution in [0.5, 0.6) is 11.5 Å². The van der Waals surface area contributed by atoms with Crippen molar-refractivity contribution in [1.82, 2.24) is 5.32 Å². The summed E-state index contributed by atoms with van der Waals surface area (Å²) in [6.07, 6.45) is 1.87. The fourth-order valence-electron chi connectivity index (χ4n) is 1.88. The van der Waals surface area contributed by atoms with Crippen molar-refractivity contribution in [2.24, 2.45) is 5.73 Å². The van der Waals surface area contributed by atoms with E-state index in [1.807, 2.05) is 25.1 Å². The zero-order valence-electron chi connectivity index (χ0n) is 14.4. The second-order valence-electron chi connectivity index (χ2n) is 5.42. The topological polar surface area (TPSA) is 73.6 Å². The number of ether oxygens (including phenoxy) is 2. The van der Waals surface area contributed by atoms with E-state index in [9.17, 15) is 4.79 Å². The summed E-state index contributed by atoms with van der Waals surface area (Å²) < 4.78 is 11.5. The second-order valence-corrected chi connectivity index (χ2v) is 5.42. The largest absolute Gasteiger partial charge is 0.490 e. The molecule has 0 heterocycles. The molecule has 2 atom stereocenters. The molecule has 0 aromatic heterocycles. The maximum atomic E-state index is 11.7. The minimum atomic E-state index is -0.523. The Balaban J connectivity index is 0.00000484. The molecule has 0 saturated heterocycles. The van der Waals surface area contributed by atoms with Gasteiger partial charge in [0.15, 0.2) is 11.5 Å². The molecule has 0 aliphatic heterocycles. The second kappa shape index (κ2) is 11.1. The first kappa shape index (κ1) is 21.5. The van der Waals surface area contributed by atoms with Crippen molar-refractivity contribution < 1.29 is 14.3 Å². The van der Waals surface area contributed by atoms with Gasteiger partial charge in [-0.1, -0.05) is 19.9 Å². The van der Waals surface area contributed by atoms with Crippen molar-refractivity contribution in [1.29, 1.82) is 0 Å². The van der Waals surface area contributed by atoms with Crippen molar-refractivity contribution in [3.05, 3.63) is 23.8 Å². The molecule has 0 spiro atoms. The summed E-state index contributed by atoms with van der Waals surface area (Å²) >= 11 is 0. The van der Waals surface area contributed by atoms with E-state index in [-0.39, 0.29) is 24.4 Å². The maximum absolute atomic E-state index is 11.7. The molecule has 1 rings (SSSR count). The van der Waals surface area contributed by atoms with Crippen LogP contribution in [0.1, 0.15) is 52.1 Å². The first-order valence-corrected chi connectivity index (χ1v) is 7.95. The van der Waals surface area contributed by atoms with Gasteiger partial charge in [-0.05, 0) is 44.4 Å². The van der Waals surface area contributed by atoms with Crippen LogP contribution in [0.25, 0.3) is 0 Å². The Bertz CT molecular complexity index is 481. The number of hydrogen-bond donors (Lipinski definition) is 2. The summed E-state index contributed by atoms with van der Waals surface area (Å²) in [7, 11) is 0. The number of halogens is 1. The van der Waals surface area contributed by atoms with E-state index in [0.717, 1.165) is 29.9 Å². The molecule has 0 saturated carbocycles. The van der Waals surface area contributed by atoms with Gasteiger partial charge in [0.05, 0.1) is 25.3 Å². The first-order chi connectivity index (χ1) is 10.5. The van der Waals surface area contributed by atoms with Crippen LogP contribution in [0.15, 0.2) is 18.2 Å². The number of carbonyl (C=O) groups is 1. The lowest BCUT2D eigenvalue weighted by Gasteiger charge is -2.18. The number of nitrogens with one attached hydrogen (secondary N) is 1. The van der Waals surface area contributed by atoms with Crippen molar-refractivity contribution in [3.8, 4) is 11.5 Å². The van der Waals surface area contributed by atoms with E-state index in [1.54, 1.807) is 6.92 Å². The quantitative estimate of drug-likeness (QED) is 0.721. The number of hydrogen-bond acceptors (Lipinski definition) is 4. The van der Waals surface area contributed by atoms with E-state index in [2.05, 4.69) is 19.2 Å². The molecule has 1 aromatic carbocycles. The Morgan fingerprint density at radius 1 is 1.13 bits per heavy atom. The summed E-state index contributed by atoms with van der Waals surface area (Å²) in [6, 6.07) is 5.10. The Kier molecular flexibility index (Phi) is 10.4. The average molecular weight is 345 g/mol. The summed E-state index contributed by atoms with van der Waals surface area (Å²) in [5.74, 6) is 1.29. The molecular formula is C17H29ClN2O3.